The van der Waals surface area contributed by atoms with E-state index in [4.69, 9.17) is 0 Å². The van der Waals surface area contributed by atoms with Gasteiger partial charge < -0.3 is 0 Å². The van der Waals surface area contributed by atoms with Gasteiger partial charge in [-0.3, -0.25) is 4.99 Å². The number of aliphatic imine (C=N–C) groups is 1. The van der Waals surface area contributed by atoms with E-state index < -0.39 is 10.0 Å². The van der Waals surface area contributed by atoms with E-state index in [2.05, 4.69) is 42.3 Å². The number of hydrogen-bond donors (Lipinski definition) is 0. The quantitative estimate of drug-likeness (QED) is 0.613. The lowest BCUT2D eigenvalue weighted by Crippen LogP contribution is -2.43. The average molecular weight is 459 g/mol. The molecule has 2 heterocycles. The Morgan fingerprint density at radius 1 is 1.00 bits per heavy atom. The normalized spacial score (nSPS) is 25.3. The summed E-state index contributed by atoms with van der Waals surface area (Å²) in [6.07, 6.45) is 13.0. The van der Waals surface area contributed by atoms with Crippen molar-refractivity contribution in [1.29, 1.82) is 0 Å². The molecule has 5 rings (SSSR count). The number of fused-ring (bicyclic) bond motifs is 2. The topological polar surface area (TPSA) is 49.7 Å². The zero-order valence-electron chi connectivity index (χ0n) is 19.0. The molecule has 0 bridgehead atoms. The number of hydrogen-bond acceptors (Lipinski definition) is 3. The van der Waals surface area contributed by atoms with E-state index >= 15 is 0 Å². The number of dihydropyridines is 1. The molecule has 0 fully saturated rings. The second-order valence-corrected chi connectivity index (χ2v) is 11.1. The summed E-state index contributed by atoms with van der Waals surface area (Å²) in [6, 6.07) is 18.4. The SMILES string of the molecule is CC1C=CC(S(=O)(=O)N2Cc3ccccc3CCCC2Cc2ccccc2)=C2N=CC=CC21. The van der Waals surface area contributed by atoms with E-state index in [-0.39, 0.29) is 17.9 Å². The average Bonchev–Trinajstić information content (AvgIpc) is 2.82. The first-order valence-corrected chi connectivity index (χ1v) is 13.2. The molecular formula is C28H30N2O2S. The zero-order valence-corrected chi connectivity index (χ0v) is 19.8. The second-order valence-electron chi connectivity index (χ2n) is 9.21. The lowest BCUT2D eigenvalue weighted by Gasteiger charge is -2.36. The second kappa shape index (κ2) is 9.24. The Hall–Kier alpha value is -2.76. The van der Waals surface area contributed by atoms with Crippen LogP contribution in [0, 0.1) is 11.8 Å². The number of benzene rings is 2. The molecule has 2 aromatic carbocycles. The van der Waals surface area contributed by atoms with Gasteiger partial charge in [0.05, 0.1) is 5.70 Å². The number of aryl methyl sites for hydroxylation is 1. The maximum absolute atomic E-state index is 14.3. The largest absolute Gasteiger partial charge is 0.259 e. The Labute approximate surface area is 197 Å². The summed E-state index contributed by atoms with van der Waals surface area (Å²) in [7, 11) is -3.75. The highest BCUT2D eigenvalue weighted by molar-refractivity contribution is 7.93. The van der Waals surface area contributed by atoms with Crippen molar-refractivity contribution in [3.63, 3.8) is 0 Å². The van der Waals surface area contributed by atoms with Gasteiger partial charge in [-0.05, 0) is 60.4 Å². The van der Waals surface area contributed by atoms with Crippen molar-refractivity contribution in [2.45, 2.75) is 45.2 Å². The third-order valence-electron chi connectivity index (χ3n) is 7.04. The molecular weight excluding hydrogens is 428 g/mol. The summed E-state index contributed by atoms with van der Waals surface area (Å²) in [6.45, 7) is 2.50. The molecule has 0 saturated heterocycles. The van der Waals surface area contributed by atoms with E-state index in [1.165, 1.54) is 11.1 Å². The Morgan fingerprint density at radius 2 is 1.76 bits per heavy atom. The van der Waals surface area contributed by atoms with Gasteiger partial charge in [-0.15, -0.1) is 0 Å². The first-order valence-electron chi connectivity index (χ1n) is 11.8. The summed E-state index contributed by atoms with van der Waals surface area (Å²) in [5.74, 6) is 0.222. The fourth-order valence-corrected chi connectivity index (χ4v) is 7.04. The van der Waals surface area contributed by atoms with Gasteiger partial charge >= 0.3 is 0 Å². The molecule has 0 radical (unpaired) electrons. The van der Waals surface area contributed by atoms with Crippen molar-refractivity contribution in [2.24, 2.45) is 16.8 Å². The lowest BCUT2D eigenvalue weighted by atomic mass is 9.86. The Balaban J connectivity index is 1.59. The van der Waals surface area contributed by atoms with Crippen LogP contribution in [0.15, 0.2) is 94.5 Å². The van der Waals surface area contributed by atoms with Gasteiger partial charge in [0, 0.05) is 24.7 Å². The molecule has 2 aromatic rings. The van der Waals surface area contributed by atoms with Crippen molar-refractivity contribution in [3.8, 4) is 0 Å². The molecule has 2 aliphatic heterocycles. The van der Waals surface area contributed by atoms with Gasteiger partial charge in [-0.2, -0.15) is 4.31 Å². The molecule has 5 heteroatoms. The molecule has 0 spiro atoms. The third-order valence-corrected chi connectivity index (χ3v) is 8.99. The third kappa shape index (κ3) is 4.40. The fraction of sp³-hybridized carbons (Fsp3) is 0.321. The highest BCUT2D eigenvalue weighted by Gasteiger charge is 2.38. The van der Waals surface area contributed by atoms with Crippen molar-refractivity contribution in [2.75, 3.05) is 0 Å². The van der Waals surface area contributed by atoms with Gasteiger partial charge in [0.15, 0.2) is 0 Å². The van der Waals surface area contributed by atoms with Crippen LogP contribution in [0.5, 0.6) is 0 Å². The minimum atomic E-state index is -3.75. The molecule has 4 nitrogen and oxygen atoms in total. The van der Waals surface area contributed by atoms with Gasteiger partial charge in [0.25, 0.3) is 0 Å². The predicted molar refractivity (Wildman–Crippen MR) is 134 cm³/mol. The Morgan fingerprint density at radius 3 is 2.58 bits per heavy atom. The molecule has 0 aromatic heterocycles. The van der Waals surface area contributed by atoms with E-state index in [0.717, 1.165) is 24.8 Å². The van der Waals surface area contributed by atoms with Gasteiger partial charge in [-0.25, -0.2) is 8.42 Å². The maximum atomic E-state index is 14.3. The Bertz CT molecular complexity index is 1240. The van der Waals surface area contributed by atoms with Crippen LogP contribution in [0.3, 0.4) is 0 Å². The van der Waals surface area contributed by atoms with Crippen LogP contribution in [-0.2, 0) is 29.4 Å². The smallest absolute Gasteiger partial charge is 0.245 e. The first-order chi connectivity index (χ1) is 16.0. The van der Waals surface area contributed by atoms with Crippen LogP contribution < -0.4 is 0 Å². The molecule has 0 saturated carbocycles. The van der Waals surface area contributed by atoms with Crippen molar-refractivity contribution in [3.05, 3.63) is 106 Å². The number of allylic oxidation sites excluding steroid dienone is 4. The molecule has 3 aliphatic rings. The maximum Gasteiger partial charge on any atom is 0.245 e. The van der Waals surface area contributed by atoms with Gasteiger partial charge in [0.1, 0.15) is 4.91 Å². The van der Waals surface area contributed by atoms with Crippen LogP contribution >= 0.6 is 0 Å². The van der Waals surface area contributed by atoms with E-state index in [1.807, 2.05) is 42.5 Å². The molecule has 1 aliphatic carbocycles. The first kappa shape index (κ1) is 22.1. The molecule has 3 unspecified atom stereocenters. The van der Waals surface area contributed by atoms with Crippen molar-refractivity contribution < 1.29 is 8.42 Å². The molecule has 0 N–H and O–H groups in total. The fourth-order valence-electron chi connectivity index (χ4n) is 5.21. The highest BCUT2D eigenvalue weighted by atomic mass is 32.2. The monoisotopic (exact) mass is 458 g/mol. The van der Waals surface area contributed by atoms with E-state index in [1.54, 1.807) is 16.6 Å². The van der Waals surface area contributed by atoms with Crippen LogP contribution in [0.4, 0.5) is 0 Å². The summed E-state index contributed by atoms with van der Waals surface area (Å²) >= 11 is 0. The summed E-state index contributed by atoms with van der Waals surface area (Å²) in [4.78, 5) is 4.90. The van der Waals surface area contributed by atoms with E-state index in [9.17, 15) is 8.42 Å². The summed E-state index contributed by atoms with van der Waals surface area (Å²) in [5.41, 5.74) is 4.18. The minimum Gasteiger partial charge on any atom is -0.259 e. The number of sulfonamides is 1. The summed E-state index contributed by atoms with van der Waals surface area (Å²) in [5, 5.41) is 0. The highest BCUT2D eigenvalue weighted by Crippen LogP contribution is 2.38. The predicted octanol–water partition coefficient (Wildman–Crippen LogP) is 5.44. The number of rotatable bonds is 4. The number of nitrogens with zero attached hydrogens (tertiary/aromatic N) is 2. The van der Waals surface area contributed by atoms with Crippen LogP contribution in [0.1, 0.15) is 36.5 Å². The van der Waals surface area contributed by atoms with Crippen molar-refractivity contribution in [1.82, 2.24) is 4.31 Å². The molecule has 33 heavy (non-hydrogen) atoms. The van der Waals surface area contributed by atoms with E-state index in [0.29, 0.717) is 23.6 Å². The molecule has 3 atom stereocenters. The lowest BCUT2D eigenvalue weighted by molar-refractivity contribution is 0.286. The molecule has 0 amide bonds. The van der Waals surface area contributed by atoms with Gasteiger partial charge in [0.2, 0.25) is 10.0 Å². The van der Waals surface area contributed by atoms with Crippen LogP contribution in [0.25, 0.3) is 0 Å². The van der Waals surface area contributed by atoms with Crippen LogP contribution in [0.2, 0.25) is 0 Å². The molecule has 170 valence electrons. The standard InChI is InChI=1S/C28H30N2O2S/c1-21-16-17-27(28-26(21)15-8-18-29-28)33(31,32)30-20-24-12-6-5-11-23(24)13-7-14-25(30)19-22-9-3-2-4-10-22/h2-6,8-12,15-18,21,25-26H,7,13-14,19-20H2,1H3. The van der Waals surface area contributed by atoms with Gasteiger partial charge in [-0.1, -0.05) is 73.7 Å². The van der Waals surface area contributed by atoms with Crippen LogP contribution in [-0.4, -0.2) is 25.0 Å². The van der Waals surface area contributed by atoms with Crippen molar-refractivity contribution >= 4 is 16.2 Å². The Kier molecular flexibility index (Phi) is 6.17. The summed E-state index contributed by atoms with van der Waals surface area (Å²) < 4.78 is 30.3. The zero-order chi connectivity index (χ0) is 22.8. The minimum absolute atomic E-state index is 0.000564.